The number of H-pyrrole nitrogens is 1. The zero-order valence-electron chi connectivity index (χ0n) is 34.4. The molecule has 53 heavy (non-hydrogen) atoms. The topological polar surface area (TPSA) is 143 Å². The van der Waals surface area contributed by atoms with Crippen molar-refractivity contribution in [1.82, 2.24) is 14.9 Å². The first-order chi connectivity index (χ1) is 25.1. The lowest BCUT2D eigenvalue weighted by Crippen LogP contribution is -2.56. The lowest BCUT2D eigenvalue weighted by molar-refractivity contribution is -0.243. The number of fused-ring (bicyclic) bond motifs is 4. The molecule has 11 heteroatoms. The van der Waals surface area contributed by atoms with Gasteiger partial charge in [0.15, 0.2) is 12.4 Å². The first-order valence-corrected chi connectivity index (χ1v) is 20.6. The van der Waals surface area contributed by atoms with E-state index >= 15 is 0 Å². The molecule has 302 valence electrons. The average Bonchev–Trinajstić information content (AvgIpc) is 3.35. The molecule has 2 spiro atoms. The van der Waals surface area contributed by atoms with Crippen LogP contribution >= 0.6 is 0 Å². The first kappa shape index (κ1) is 42.1. The predicted molar refractivity (Wildman–Crippen MR) is 202 cm³/mol. The van der Waals surface area contributed by atoms with Crippen LogP contribution in [-0.2, 0) is 28.5 Å². The SMILES string of the molecule is CC.CC(=O)O[C@@H](C1CCC2C(CC3C4CCC5C(C)(C)[C@@H](OC6CN(C=O)CCO6)CC[C@@]56C[C@@]46CCC23C)O1)C(C)(C)O.CO.Cc1ncc[nH]1. The van der Waals surface area contributed by atoms with Gasteiger partial charge in [0.25, 0.3) is 0 Å². The van der Waals surface area contributed by atoms with Crippen LogP contribution in [0.15, 0.2) is 12.4 Å². The van der Waals surface area contributed by atoms with Crippen LogP contribution in [0.3, 0.4) is 0 Å². The average molecular weight is 746 g/mol. The van der Waals surface area contributed by atoms with Crippen LogP contribution in [0.25, 0.3) is 0 Å². The summed E-state index contributed by atoms with van der Waals surface area (Å²) in [6, 6.07) is 0. The van der Waals surface area contributed by atoms with Crippen molar-refractivity contribution < 1.29 is 38.7 Å². The van der Waals surface area contributed by atoms with Gasteiger partial charge in [-0.15, -0.1) is 0 Å². The number of carbonyl (C=O) groups excluding carboxylic acids is 2. The summed E-state index contributed by atoms with van der Waals surface area (Å²) in [7, 11) is 1.00. The van der Waals surface area contributed by atoms with E-state index in [-0.39, 0.29) is 36.0 Å². The molecule has 5 saturated carbocycles. The molecule has 2 saturated heterocycles. The van der Waals surface area contributed by atoms with Gasteiger partial charge < -0.3 is 39.0 Å². The Balaban J connectivity index is 0.000000481. The second kappa shape index (κ2) is 16.2. The Hall–Kier alpha value is -2.05. The summed E-state index contributed by atoms with van der Waals surface area (Å²) >= 11 is 0. The maximum atomic E-state index is 11.9. The molecule has 3 N–H and O–H groups in total. The van der Waals surface area contributed by atoms with Gasteiger partial charge in [-0.2, -0.15) is 0 Å². The van der Waals surface area contributed by atoms with Crippen molar-refractivity contribution in [3.8, 4) is 0 Å². The first-order valence-electron chi connectivity index (χ1n) is 20.6. The summed E-state index contributed by atoms with van der Waals surface area (Å²) in [6.45, 7) is 20.0. The Kier molecular flexibility index (Phi) is 12.9. The van der Waals surface area contributed by atoms with Crippen LogP contribution in [0.1, 0.15) is 125 Å². The van der Waals surface area contributed by atoms with E-state index in [0.717, 1.165) is 50.9 Å². The normalized spacial score (nSPS) is 40.9. The van der Waals surface area contributed by atoms with Gasteiger partial charge in [-0.3, -0.25) is 9.59 Å². The molecule has 8 unspecified atom stereocenters. The number of rotatable bonds is 6. The summed E-state index contributed by atoms with van der Waals surface area (Å²) in [4.78, 5) is 31.8. The molecule has 11 nitrogen and oxygen atoms in total. The molecule has 0 aromatic carbocycles. The molecule has 2 aliphatic heterocycles. The van der Waals surface area contributed by atoms with Crippen LogP contribution in [0, 0.1) is 52.3 Å². The molecular formula is C42H71N3O8. The zero-order valence-corrected chi connectivity index (χ0v) is 34.4. The number of aromatic amines is 1. The third-order valence-electron chi connectivity index (χ3n) is 15.1. The molecule has 7 fully saturated rings. The Morgan fingerprint density at radius 3 is 2.38 bits per heavy atom. The van der Waals surface area contributed by atoms with Crippen molar-refractivity contribution in [1.29, 1.82) is 0 Å². The number of carbonyl (C=O) groups is 2. The van der Waals surface area contributed by atoms with Gasteiger partial charge in [-0.25, -0.2) is 4.98 Å². The number of morpholine rings is 1. The van der Waals surface area contributed by atoms with Crippen LogP contribution in [0.5, 0.6) is 0 Å². The van der Waals surface area contributed by atoms with E-state index < -0.39 is 11.7 Å². The summed E-state index contributed by atoms with van der Waals surface area (Å²) < 4.78 is 25.1. The van der Waals surface area contributed by atoms with Crippen molar-refractivity contribution in [3.63, 3.8) is 0 Å². The second-order valence-corrected chi connectivity index (χ2v) is 18.2. The number of ether oxygens (including phenoxy) is 4. The number of nitrogens with zero attached hydrogens (tertiary/aromatic N) is 2. The van der Waals surface area contributed by atoms with Crippen molar-refractivity contribution in [2.75, 3.05) is 26.8 Å². The monoisotopic (exact) mass is 746 g/mol. The highest BCUT2D eigenvalue weighted by Gasteiger charge is 2.80. The molecule has 1 aromatic heterocycles. The molecule has 3 heterocycles. The number of nitrogens with one attached hydrogen (secondary N) is 1. The zero-order chi connectivity index (χ0) is 39.0. The number of esters is 1. The van der Waals surface area contributed by atoms with E-state index in [2.05, 4.69) is 30.7 Å². The van der Waals surface area contributed by atoms with E-state index in [1.54, 1.807) is 31.1 Å². The number of amides is 1. The second-order valence-electron chi connectivity index (χ2n) is 18.2. The van der Waals surface area contributed by atoms with Crippen LogP contribution < -0.4 is 0 Å². The maximum absolute atomic E-state index is 11.9. The standard InChI is InChI=1S/C35H55NO7.C4H6N2.C2H6.CH4O/c1-21(38)41-30(32(4,5)39)25-9-7-23-26(42-25)17-24-22-8-10-27-31(2,3)28(43-29-18-36(20-37)15-16-40-29)11-12-35(27)19-34(22,35)14-13-33(23,24)6;1-4-5-2-3-6-4;2*1-2/h20,22-30,39H,7-19H2,1-6H3;2-3H,1H3,(H,5,6);1-2H3;2H,1H3/t22?,23?,24?,25?,26?,27?,28-,29?,30-,33?,34-,35+;;;/m0.../s1. The summed E-state index contributed by atoms with van der Waals surface area (Å²) in [5.41, 5.74) is 0.114. The number of hydrogen-bond acceptors (Lipinski definition) is 9. The molecule has 12 atom stereocenters. The number of imidazole rings is 1. The fourth-order valence-corrected chi connectivity index (χ4v) is 12.9. The lowest BCUT2D eigenvalue weighted by Gasteiger charge is -2.60. The Bertz CT molecular complexity index is 1370. The Labute approximate surface area is 318 Å². The third-order valence-corrected chi connectivity index (χ3v) is 15.1. The molecule has 5 aliphatic carbocycles. The molecule has 1 aromatic rings. The number of aryl methyl sites for hydroxylation is 1. The number of hydrogen-bond donors (Lipinski definition) is 3. The molecule has 0 radical (unpaired) electrons. The van der Waals surface area contributed by atoms with Gasteiger partial charge in [0.2, 0.25) is 6.41 Å². The Morgan fingerprint density at radius 2 is 1.77 bits per heavy atom. The van der Waals surface area contributed by atoms with Gasteiger partial charge in [0, 0.05) is 33.0 Å². The summed E-state index contributed by atoms with van der Waals surface area (Å²) in [6.07, 6.45) is 15.5. The van der Waals surface area contributed by atoms with Crippen molar-refractivity contribution in [2.45, 2.75) is 163 Å². The van der Waals surface area contributed by atoms with E-state index in [1.807, 2.05) is 20.8 Å². The van der Waals surface area contributed by atoms with Gasteiger partial charge in [-0.1, -0.05) is 34.6 Å². The van der Waals surface area contributed by atoms with E-state index in [4.69, 9.17) is 24.1 Å². The minimum Gasteiger partial charge on any atom is -0.457 e. The summed E-state index contributed by atoms with van der Waals surface area (Å²) in [5.74, 6) is 3.23. The van der Waals surface area contributed by atoms with Crippen LogP contribution in [0.4, 0.5) is 0 Å². The van der Waals surface area contributed by atoms with Crippen molar-refractivity contribution in [3.05, 3.63) is 18.2 Å². The minimum absolute atomic E-state index is 0.0725. The van der Waals surface area contributed by atoms with E-state index in [9.17, 15) is 14.7 Å². The van der Waals surface area contributed by atoms with Crippen molar-refractivity contribution >= 4 is 12.4 Å². The van der Waals surface area contributed by atoms with Gasteiger partial charge in [-0.05, 0) is 130 Å². The molecule has 1 amide bonds. The highest BCUT2D eigenvalue weighted by atomic mass is 16.7. The smallest absolute Gasteiger partial charge is 0.303 e. The fraction of sp³-hybridized carbons (Fsp3) is 0.881. The summed E-state index contributed by atoms with van der Waals surface area (Å²) in [5, 5.41) is 17.9. The number of aromatic nitrogens is 2. The van der Waals surface area contributed by atoms with Crippen LogP contribution in [0.2, 0.25) is 0 Å². The predicted octanol–water partition coefficient (Wildman–Crippen LogP) is 6.45. The van der Waals surface area contributed by atoms with Gasteiger partial charge in [0.1, 0.15) is 5.82 Å². The fourth-order valence-electron chi connectivity index (χ4n) is 12.9. The van der Waals surface area contributed by atoms with E-state index in [1.165, 1.54) is 45.4 Å². The lowest BCUT2D eigenvalue weighted by atomic mass is 9.46. The molecule has 8 rings (SSSR count). The molecule has 0 bridgehead atoms. The number of aliphatic hydroxyl groups is 2. The number of aliphatic hydroxyl groups excluding tert-OH is 1. The third kappa shape index (κ3) is 7.60. The highest BCUT2D eigenvalue weighted by molar-refractivity contribution is 5.66. The quantitative estimate of drug-likeness (QED) is 0.221. The minimum atomic E-state index is -1.15. The largest absolute Gasteiger partial charge is 0.457 e. The maximum Gasteiger partial charge on any atom is 0.303 e. The van der Waals surface area contributed by atoms with Crippen molar-refractivity contribution in [2.24, 2.45) is 45.3 Å². The van der Waals surface area contributed by atoms with Crippen LogP contribution in [-0.4, -0.2) is 101 Å². The molecular weight excluding hydrogens is 674 g/mol. The molecule has 7 aliphatic rings. The van der Waals surface area contributed by atoms with Gasteiger partial charge >= 0.3 is 5.97 Å². The Morgan fingerprint density at radius 1 is 1.06 bits per heavy atom. The van der Waals surface area contributed by atoms with Gasteiger partial charge in [0.05, 0.1) is 37.1 Å². The highest BCUT2D eigenvalue weighted by Crippen LogP contribution is 2.87. The van der Waals surface area contributed by atoms with E-state index in [0.29, 0.717) is 53.7 Å².